The molecule has 0 fully saturated rings. The second-order valence-corrected chi connectivity index (χ2v) is 10.7. The SMILES string of the molecule is COc1cc(OCc2cccc(CC(=O)c3cccc4ccccc34)c2)c2cc(-c3cn4nc(OC)sc4n3)oc2c1. The standard InChI is InChI=1S/C33H25N3O5S/c1-38-23-15-29(26-17-31(41-30(26)16-23)27-18-36-32(34-27)42-33(35-36)39-2)40-19-21-8-5-7-20(13-21)14-28(37)25-12-6-10-22-9-3-4-11-24(22)25/h3-13,15-18H,14,19H2,1-2H3. The van der Waals surface area contributed by atoms with Crippen LogP contribution in [0.4, 0.5) is 0 Å². The highest BCUT2D eigenvalue weighted by Crippen LogP contribution is 2.37. The first-order valence-corrected chi connectivity index (χ1v) is 14.1. The van der Waals surface area contributed by atoms with Crippen LogP contribution in [0, 0.1) is 0 Å². The number of rotatable bonds is 9. The molecular formula is C33H25N3O5S. The molecule has 0 bridgehead atoms. The van der Waals surface area contributed by atoms with E-state index >= 15 is 0 Å². The lowest BCUT2D eigenvalue weighted by Gasteiger charge is -2.11. The highest BCUT2D eigenvalue weighted by Gasteiger charge is 2.17. The summed E-state index contributed by atoms with van der Waals surface area (Å²) < 4.78 is 24.8. The van der Waals surface area contributed by atoms with E-state index in [1.54, 1.807) is 24.9 Å². The number of carbonyl (C=O) groups is 1. The molecule has 9 heteroatoms. The number of Topliss-reactive ketones (excluding diaryl/α,β-unsaturated/α-hetero) is 1. The molecule has 42 heavy (non-hydrogen) atoms. The van der Waals surface area contributed by atoms with Crippen molar-refractivity contribution in [2.24, 2.45) is 0 Å². The highest BCUT2D eigenvalue weighted by molar-refractivity contribution is 7.18. The van der Waals surface area contributed by atoms with Crippen molar-refractivity contribution in [1.82, 2.24) is 14.6 Å². The Labute approximate surface area is 244 Å². The molecule has 4 aromatic carbocycles. The fraction of sp³-hybridized carbons (Fsp3) is 0.121. The minimum absolute atomic E-state index is 0.0816. The second kappa shape index (κ2) is 10.7. The van der Waals surface area contributed by atoms with Gasteiger partial charge >= 0.3 is 0 Å². The number of ether oxygens (including phenoxy) is 3. The van der Waals surface area contributed by atoms with Gasteiger partial charge in [0.2, 0.25) is 4.96 Å². The van der Waals surface area contributed by atoms with Gasteiger partial charge in [0.15, 0.2) is 11.5 Å². The molecule has 7 rings (SSSR count). The first-order valence-electron chi connectivity index (χ1n) is 13.3. The van der Waals surface area contributed by atoms with Crippen LogP contribution in [-0.4, -0.2) is 34.6 Å². The van der Waals surface area contributed by atoms with Gasteiger partial charge in [-0.05, 0) is 39.3 Å². The molecule has 0 unspecified atom stereocenters. The summed E-state index contributed by atoms with van der Waals surface area (Å²) in [5.41, 5.74) is 3.89. The molecular weight excluding hydrogens is 550 g/mol. The number of methoxy groups -OCH3 is 2. The van der Waals surface area contributed by atoms with Gasteiger partial charge in [0.05, 0.1) is 25.8 Å². The summed E-state index contributed by atoms with van der Waals surface area (Å²) in [7, 11) is 3.18. The van der Waals surface area contributed by atoms with Crippen molar-refractivity contribution in [2.45, 2.75) is 13.0 Å². The molecule has 0 aliphatic heterocycles. The summed E-state index contributed by atoms with van der Waals surface area (Å²) in [4.78, 5) is 18.6. The van der Waals surface area contributed by atoms with Gasteiger partial charge in [-0.25, -0.2) is 9.50 Å². The molecule has 3 aromatic heterocycles. The minimum atomic E-state index is 0.0816. The van der Waals surface area contributed by atoms with E-state index in [1.165, 1.54) is 11.3 Å². The molecule has 0 aliphatic rings. The number of nitrogens with zero attached hydrogens (tertiary/aromatic N) is 3. The predicted octanol–water partition coefficient (Wildman–Crippen LogP) is 7.38. The molecule has 8 nitrogen and oxygen atoms in total. The summed E-state index contributed by atoms with van der Waals surface area (Å²) in [5, 5.41) is 7.70. The Balaban J connectivity index is 1.12. The van der Waals surface area contributed by atoms with E-state index in [1.807, 2.05) is 84.9 Å². The van der Waals surface area contributed by atoms with E-state index in [0.29, 0.717) is 51.7 Å². The third kappa shape index (κ3) is 4.84. The average Bonchev–Trinajstić information content (AvgIpc) is 3.73. The quantitative estimate of drug-likeness (QED) is 0.166. The van der Waals surface area contributed by atoms with Gasteiger partial charge in [0.25, 0.3) is 5.19 Å². The van der Waals surface area contributed by atoms with Crippen LogP contribution in [0.25, 0.3) is 38.2 Å². The van der Waals surface area contributed by atoms with Crippen molar-refractivity contribution in [2.75, 3.05) is 14.2 Å². The molecule has 0 radical (unpaired) electrons. The van der Waals surface area contributed by atoms with Gasteiger partial charge in [-0.2, -0.15) is 0 Å². The maximum absolute atomic E-state index is 13.3. The maximum Gasteiger partial charge on any atom is 0.294 e. The van der Waals surface area contributed by atoms with E-state index in [4.69, 9.17) is 18.6 Å². The Hall–Kier alpha value is -5.15. The average molecular weight is 576 g/mol. The van der Waals surface area contributed by atoms with E-state index < -0.39 is 0 Å². The number of hydrogen-bond acceptors (Lipinski definition) is 8. The van der Waals surface area contributed by atoms with E-state index in [2.05, 4.69) is 10.1 Å². The number of ketones is 1. The molecule has 3 heterocycles. The summed E-state index contributed by atoms with van der Waals surface area (Å²) in [6.07, 6.45) is 2.11. The van der Waals surface area contributed by atoms with Gasteiger partial charge in [-0.3, -0.25) is 4.79 Å². The predicted molar refractivity (Wildman–Crippen MR) is 162 cm³/mol. The number of carbonyl (C=O) groups excluding carboxylic acids is 1. The Bertz CT molecular complexity index is 2050. The van der Waals surface area contributed by atoms with Crippen LogP contribution in [0.15, 0.2) is 95.5 Å². The maximum atomic E-state index is 13.3. The summed E-state index contributed by atoms with van der Waals surface area (Å²) in [5.74, 6) is 1.91. The molecule has 0 saturated carbocycles. The lowest BCUT2D eigenvalue weighted by molar-refractivity contribution is 0.0994. The Kier molecular flexibility index (Phi) is 6.56. The minimum Gasteiger partial charge on any atom is -0.496 e. The molecule has 0 atom stereocenters. The van der Waals surface area contributed by atoms with Crippen LogP contribution < -0.4 is 14.2 Å². The molecule has 208 valence electrons. The zero-order chi connectivity index (χ0) is 28.6. The molecule has 0 aliphatic carbocycles. The third-order valence-electron chi connectivity index (χ3n) is 7.10. The van der Waals surface area contributed by atoms with Crippen molar-refractivity contribution in [3.63, 3.8) is 0 Å². The summed E-state index contributed by atoms with van der Waals surface area (Å²) in [6, 6.07) is 27.3. The van der Waals surface area contributed by atoms with Crippen molar-refractivity contribution in [3.05, 3.63) is 108 Å². The largest absolute Gasteiger partial charge is 0.496 e. The van der Waals surface area contributed by atoms with E-state index in [0.717, 1.165) is 32.8 Å². The van der Waals surface area contributed by atoms with Gasteiger partial charge in [0.1, 0.15) is 29.4 Å². The molecule has 0 saturated heterocycles. The first kappa shape index (κ1) is 25.8. The molecule has 0 spiro atoms. The zero-order valence-corrected chi connectivity index (χ0v) is 23.7. The lowest BCUT2D eigenvalue weighted by atomic mass is 9.97. The normalized spacial score (nSPS) is 11.4. The number of aromatic nitrogens is 3. The molecule has 0 N–H and O–H groups in total. The van der Waals surface area contributed by atoms with Crippen LogP contribution >= 0.6 is 11.3 Å². The van der Waals surface area contributed by atoms with Gasteiger partial charge in [0, 0.05) is 24.1 Å². The van der Waals surface area contributed by atoms with Crippen LogP contribution in [0.2, 0.25) is 0 Å². The van der Waals surface area contributed by atoms with Gasteiger partial charge < -0.3 is 18.6 Å². The summed E-state index contributed by atoms with van der Waals surface area (Å²) >= 11 is 1.35. The Morgan fingerprint density at radius 3 is 2.60 bits per heavy atom. The smallest absolute Gasteiger partial charge is 0.294 e. The van der Waals surface area contributed by atoms with Crippen LogP contribution in [0.5, 0.6) is 16.7 Å². The van der Waals surface area contributed by atoms with E-state index in [-0.39, 0.29) is 5.78 Å². The Morgan fingerprint density at radius 2 is 1.74 bits per heavy atom. The zero-order valence-electron chi connectivity index (χ0n) is 22.9. The number of furan rings is 1. The van der Waals surface area contributed by atoms with Gasteiger partial charge in [-0.1, -0.05) is 66.7 Å². The highest BCUT2D eigenvalue weighted by atomic mass is 32.1. The van der Waals surface area contributed by atoms with Crippen LogP contribution in [0.3, 0.4) is 0 Å². The van der Waals surface area contributed by atoms with Crippen LogP contribution in [-0.2, 0) is 13.0 Å². The fourth-order valence-electron chi connectivity index (χ4n) is 5.07. The van der Waals surface area contributed by atoms with Crippen molar-refractivity contribution < 1.29 is 23.4 Å². The monoisotopic (exact) mass is 575 g/mol. The Morgan fingerprint density at radius 1 is 0.905 bits per heavy atom. The number of benzene rings is 4. The number of imidazole rings is 1. The lowest BCUT2D eigenvalue weighted by Crippen LogP contribution is -2.05. The fourth-order valence-corrected chi connectivity index (χ4v) is 5.77. The number of hydrogen-bond donors (Lipinski definition) is 0. The first-order chi connectivity index (χ1) is 20.6. The van der Waals surface area contributed by atoms with Crippen molar-refractivity contribution >= 4 is 43.8 Å². The van der Waals surface area contributed by atoms with Crippen molar-refractivity contribution in [3.8, 4) is 28.1 Å². The molecule has 0 amide bonds. The third-order valence-corrected chi connectivity index (χ3v) is 7.98. The number of fused-ring (bicyclic) bond motifs is 3. The summed E-state index contributed by atoms with van der Waals surface area (Å²) in [6.45, 7) is 0.309. The second-order valence-electron chi connectivity index (χ2n) is 9.81. The van der Waals surface area contributed by atoms with Gasteiger partial charge in [-0.15, -0.1) is 5.10 Å². The molecule has 7 aromatic rings. The van der Waals surface area contributed by atoms with Crippen LogP contribution in [0.1, 0.15) is 21.5 Å². The topological polar surface area (TPSA) is 88.1 Å². The van der Waals surface area contributed by atoms with Crippen molar-refractivity contribution in [1.29, 1.82) is 0 Å². The van der Waals surface area contributed by atoms with E-state index in [9.17, 15) is 4.79 Å².